The summed E-state index contributed by atoms with van der Waals surface area (Å²) in [6.45, 7) is 4.64. The van der Waals surface area contributed by atoms with Crippen molar-refractivity contribution in [3.8, 4) is 6.01 Å². The van der Waals surface area contributed by atoms with E-state index in [9.17, 15) is 0 Å². The Hall–Kier alpha value is -1.70. The second kappa shape index (κ2) is 7.18. The highest BCUT2D eigenvalue weighted by Gasteiger charge is 2.16. The quantitative estimate of drug-likeness (QED) is 0.802. The number of nitrogens with one attached hydrogen (secondary N) is 2. The van der Waals surface area contributed by atoms with Gasteiger partial charge in [-0.2, -0.15) is 15.0 Å². The summed E-state index contributed by atoms with van der Waals surface area (Å²) in [5.41, 5.74) is 0. The molecule has 1 aromatic heterocycles. The molecule has 1 aliphatic rings. The molecular weight excluding hydrogens is 276 g/mol. The van der Waals surface area contributed by atoms with Gasteiger partial charge < -0.3 is 20.3 Å². The van der Waals surface area contributed by atoms with Crippen LogP contribution in [-0.2, 0) is 0 Å². The molecule has 1 saturated heterocycles. The van der Waals surface area contributed by atoms with Crippen molar-refractivity contribution in [3.63, 3.8) is 0 Å². The molecule has 0 radical (unpaired) electrons. The largest absolute Gasteiger partial charge is 0.467 e. The molecule has 0 unspecified atom stereocenters. The van der Waals surface area contributed by atoms with E-state index in [4.69, 9.17) is 17.0 Å². The maximum atomic E-state index is 5.14. The summed E-state index contributed by atoms with van der Waals surface area (Å²) in [4.78, 5) is 15.0. The zero-order chi connectivity index (χ0) is 14.4. The van der Waals surface area contributed by atoms with E-state index in [-0.39, 0.29) is 0 Å². The summed E-state index contributed by atoms with van der Waals surface area (Å²) in [6, 6.07) is 0.294. The number of methoxy groups -OCH3 is 1. The van der Waals surface area contributed by atoms with Gasteiger partial charge in [-0.15, -0.1) is 0 Å². The second-order valence-corrected chi connectivity index (χ2v) is 4.89. The van der Waals surface area contributed by atoms with Gasteiger partial charge in [-0.3, -0.25) is 0 Å². The number of hydrogen-bond acceptors (Lipinski definition) is 6. The molecule has 0 aliphatic carbocycles. The van der Waals surface area contributed by atoms with E-state index >= 15 is 0 Å². The molecule has 0 bridgehead atoms. The molecule has 7 nitrogen and oxygen atoms in total. The zero-order valence-corrected chi connectivity index (χ0v) is 12.7. The van der Waals surface area contributed by atoms with Gasteiger partial charge in [-0.25, -0.2) is 0 Å². The first kappa shape index (κ1) is 14.7. The van der Waals surface area contributed by atoms with Gasteiger partial charge >= 0.3 is 6.01 Å². The first-order chi connectivity index (χ1) is 9.72. The predicted octanol–water partition coefficient (Wildman–Crippen LogP) is 1.18. The van der Waals surface area contributed by atoms with Gasteiger partial charge in [0.05, 0.1) is 7.11 Å². The molecule has 1 aliphatic heterocycles. The SMILES string of the molecule is CCNC(=S)Nc1nc(OC)nc(N2CCCCC2)n1. The van der Waals surface area contributed by atoms with Crippen molar-refractivity contribution in [3.05, 3.63) is 0 Å². The van der Waals surface area contributed by atoms with Gasteiger partial charge in [-0.05, 0) is 38.4 Å². The molecule has 0 spiro atoms. The standard InChI is InChI=1S/C12H20N6OS/c1-3-13-12(20)16-9-14-10(17-11(15-9)19-2)18-7-5-4-6-8-18/h3-8H2,1-2H3,(H2,13,14,15,16,17,20). The lowest BCUT2D eigenvalue weighted by Crippen LogP contribution is -2.32. The van der Waals surface area contributed by atoms with E-state index in [0.717, 1.165) is 32.5 Å². The van der Waals surface area contributed by atoms with E-state index < -0.39 is 0 Å². The normalized spacial score (nSPS) is 14.8. The Balaban J connectivity index is 2.16. The number of ether oxygens (including phenoxy) is 1. The second-order valence-electron chi connectivity index (χ2n) is 4.48. The summed E-state index contributed by atoms with van der Waals surface area (Å²) in [5.74, 6) is 1.04. The average molecular weight is 296 g/mol. The number of rotatable bonds is 4. The molecule has 20 heavy (non-hydrogen) atoms. The van der Waals surface area contributed by atoms with E-state index in [0.29, 0.717) is 23.0 Å². The van der Waals surface area contributed by atoms with Crippen LogP contribution < -0.4 is 20.3 Å². The van der Waals surface area contributed by atoms with Crippen LogP contribution in [0.15, 0.2) is 0 Å². The first-order valence-corrected chi connectivity index (χ1v) is 7.23. The van der Waals surface area contributed by atoms with E-state index in [1.807, 2.05) is 6.92 Å². The Bertz CT molecular complexity index is 463. The maximum Gasteiger partial charge on any atom is 0.322 e. The summed E-state index contributed by atoms with van der Waals surface area (Å²) < 4.78 is 5.14. The van der Waals surface area contributed by atoms with Gasteiger partial charge in [0.1, 0.15) is 0 Å². The molecule has 2 rings (SSSR count). The van der Waals surface area contributed by atoms with Crippen molar-refractivity contribution < 1.29 is 4.74 Å². The number of thiocarbonyl (C=S) groups is 1. The highest BCUT2D eigenvalue weighted by molar-refractivity contribution is 7.80. The van der Waals surface area contributed by atoms with Crippen LogP contribution in [0.25, 0.3) is 0 Å². The van der Waals surface area contributed by atoms with Crippen LogP contribution in [0, 0.1) is 0 Å². The third kappa shape index (κ3) is 3.89. The van der Waals surface area contributed by atoms with Crippen LogP contribution in [0.5, 0.6) is 6.01 Å². The molecule has 8 heteroatoms. The Labute approximate surface area is 124 Å². The van der Waals surface area contributed by atoms with Crippen molar-refractivity contribution in [2.45, 2.75) is 26.2 Å². The lowest BCUT2D eigenvalue weighted by atomic mass is 10.1. The monoisotopic (exact) mass is 296 g/mol. The van der Waals surface area contributed by atoms with Crippen LogP contribution in [0.2, 0.25) is 0 Å². The molecule has 0 saturated carbocycles. The summed E-state index contributed by atoms with van der Waals surface area (Å²) in [5, 5.41) is 6.44. The Morgan fingerprint density at radius 2 is 2.00 bits per heavy atom. The summed E-state index contributed by atoms with van der Waals surface area (Å²) >= 11 is 5.14. The van der Waals surface area contributed by atoms with Gasteiger partial charge in [-0.1, -0.05) is 0 Å². The molecule has 110 valence electrons. The molecular formula is C12H20N6OS. The van der Waals surface area contributed by atoms with Gasteiger partial charge in [0.15, 0.2) is 5.11 Å². The number of nitrogens with zero attached hydrogens (tertiary/aromatic N) is 4. The highest BCUT2D eigenvalue weighted by atomic mass is 32.1. The number of anilines is 2. The highest BCUT2D eigenvalue weighted by Crippen LogP contribution is 2.19. The van der Waals surface area contributed by atoms with Crippen LogP contribution in [0.3, 0.4) is 0 Å². The maximum absolute atomic E-state index is 5.14. The third-order valence-corrected chi connectivity index (χ3v) is 3.23. The molecule has 1 aromatic rings. The molecule has 0 aromatic carbocycles. The van der Waals surface area contributed by atoms with Crippen LogP contribution in [0.1, 0.15) is 26.2 Å². The Morgan fingerprint density at radius 3 is 2.65 bits per heavy atom. The number of aromatic nitrogens is 3. The minimum Gasteiger partial charge on any atom is -0.467 e. The average Bonchev–Trinajstić information content (AvgIpc) is 2.48. The fraction of sp³-hybridized carbons (Fsp3) is 0.667. The van der Waals surface area contributed by atoms with Crippen molar-refractivity contribution >= 4 is 29.2 Å². The predicted molar refractivity (Wildman–Crippen MR) is 82.3 cm³/mol. The Morgan fingerprint density at radius 1 is 1.25 bits per heavy atom. The lowest BCUT2D eigenvalue weighted by Gasteiger charge is -2.26. The van der Waals surface area contributed by atoms with Gasteiger partial charge in [0, 0.05) is 19.6 Å². The first-order valence-electron chi connectivity index (χ1n) is 6.82. The van der Waals surface area contributed by atoms with E-state index in [1.165, 1.54) is 6.42 Å². The van der Waals surface area contributed by atoms with E-state index in [1.54, 1.807) is 7.11 Å². The van der Waals surface area contributed by atoms with Gasteiger partial charge in [0.25, 0.3) is 0 Å². The topological polar surface area (TPSA) is 75.2 Å². The molecule has 1 fully saturated rings. The van der Waals surface area contributed by atoms with Gasteiger partial charge in [0.2, 0.25) is 11.9 Å². The van der Waals surface area contributed by atoms with Crippen molar-refractivity contribution in [1.82, 2.24) is 20.3 Å². The van der Waals surface area contributed by atoms with E-state index in [2.05, 4.69) is 30.5 Å². The Kier molecular flexibility index (Phi) is 5.28. The van der Waals surface area contributed by atoms with Crippen molar-refractivity contribution in [1.29, 1.82) is 0 Å². The molecule has 0 atom stereocenters. The van der Waals surface area contributed by atoms with Crippen molar-refractivity contribution in [2.75, 3.05) is 37.0 Å². The fourth-order valence-corrected chi connectivity index (χ4v) is 2.27. The third-order valence-electron chi connectivity index (χ3n) is 2.99. The molecule has 0 amide bonds. The smallest absolute Gasteiger partial charge is 0.322 e. The zero-order valence-electron chi connectivity index (χ0n) is 11.8. The molecule has 2 N–H and O–H groups in total. The van der Waals surface area contributed by atoms with Crippen LogP contribution >= 0.6 is 12.2 Å². The summed E-state index contributed by atoms with van der Waals surface area (Å²) in [7, 11) is 1.54. The van der Waals surface area contributed by atoms with Crippen LogP contribution in [-0.4, -0.2) is 46.8 Å². The minimum absolute atomic E-state index is 0.294. The van der Waals surface area contributed by atoms with Crippen molar-refractivity contribution in [2.24, 2.45) is 0 Å². The lowest BCUT2D eigenvalue weighted by molar-refractivity contribution is 0.378. The fourth-order valence-electron chi connectivity index (χ4n) is 2.03. The minimum atomic E-state index is 0.294. The molecule has 2 heterocycles. The number of hydrogen-bond donors (Lipinski definition) is 2. The summed E-state index contributed by atoms with van der Waals surface area (Å²) in [6.07, 6.45) is 3.58. The number of piperidine rings is 1. The van der Waals surface area contributed by atoms with Crippen LogP contribution in [0.4, 0.5) is 11.9 Å².